The number of benzene rings is 2. The van der Waals surface area contributed by atoms with E-state index in [0.29, 0.717) is 0 Å². The molecule has 1 nitrogen and oxygen atoms in total. The Labute approximate surface area is 122 Å². The minimum absolute atomic E-state index is 1.32. The van der Waals surface area contributed by atoms with Crippen LogP contribution in [0.25, 0.3) is 10.2 Å². The van der Waals surface area contributed by atoms with Gasteiger partial charge in [0.15, 0.2) is 0 Å². The second kappa shape index (κ2) is 6.73. The van der Waals surface area contributed by atoms with E-state index in [2.05, 4.69) is 61.2 Å². The quantitative estimate of drug-likeness (QED) is 0.473. The molecule has 0 aliphatic rings. The van der Waals surface area contributed by atoms with Crippen molar-refractivity contribution in [3.05, 3.63) is 60.2 Å². The molecule has 0 aliphatic carbocycles. The molecular formula is C16H18NS2+. The highest BCUT2D eigenvalue weighted by molar-refractivity contribution is 8.00. The highest BCUT2D eigenvalue weighted by Crippen LogP contribution is 2.25. The predicted molar refractivity (Wildman–Crippen MR) is 86.0 cm³/mol. The summed E-state index contributed by atoms with van der Waals surface area (Å²) in [6, 6.07) is 18.8. The summed E-state index contributed by atoms with van der Waals surface area (Å²) in [5.74, 6) is 0. The van der Waals surface area contributed by atoms with Gasteiger partial charge in [0.05, 0.1) is 0 Å². The van der Waals surface area contributed by atoms with Gasteiger partial charge in [-0.25, -0.2) is 0 Å². The number of aromatic nitrogens is 1. The highest BCUT2D eigenvalue weighted by atomic mass is 32.2. The summed E-state index contributed by atoms with van der Waals surface area (Å²) in [4.78, 5) is 0. The average Bonchev–Trinajstić information content (AvgIpc) is 2.78. The maximum absolute atomic E-state index is 2.24. The van der Waals surface area contributed by atoms with E-state index in [1.54, 1.807) is 11.8 Å². The van der Waals surface area contributed by atoms with E-state index in [4.69, 9.17) is 0 Å². The van der Waals surface area contributed by atoms with Gasteiger partial charge in [-0.1, -0.05) is 59.4 Å². The van der Waals surface area contributed by atoms with Crippen LogP contribution in [0.1, 0.15) is 5.56 Å². The van der Waals surface area contributed by atoms with Crippen LogP contribution >= 0.6 is 23.1 Å². The standard InChI is InChI=1S/C9H10NS2.C7H8/c1-10-7-5-3-4-6-8(7)12-9(10)11-2;1-7-5-3-2-4-6-7/h3-6H,1-2H3;2-6H,1H3/q+1;. The van der Waals surface area contributed by atoms with Gasteiger partial charge in [-0.15, -0.1) is 0 Å². The third-order valence-electron chi connectivity index (χ3n) is 2.81. The number of thioether (sulfide) groups is 1. The zero-order valence-electron chi connectivity index (χ0n) is 11.5. The first kappa shape index (κ1) is 14.1. The maximum Gasteiger partial charge on any atom is 0.297 e. The van der Waals surface area contributed by atoms with Crippen molar-refractivity contribution in [3.8, 4) is 0 Å². The number of hydrogen-bond donors (Lipinski definition) is 0. The Morgan fingerprint density at radius 2 is 1.58 bits per heavy atom. The van der Waals surface area contributed by atoms with E-state index in [-0.39, 0.29) is 0 Å². The van der Waals surface area contributed by atoms with Crippen LogP contribution in [-0.4, -0.2) is 6.26 Å². The Kier molecular flexibility index (Phi) is 5.00. The summed E-state index contributed by atoms with van der Waals surface area (Å²) in [5, 5.41) is 0. The predicted octanol–water partition coefficient (Wildman–Crippen LogP) is 4.44. The van der Waals surface area contributed by atoms with E-state index >= 15 is 0 Å². The summed E-state index contributed by atoms with van der Waals surface area (Å²) in [6.45, 7) is 2.08. The highest BCUT2D eigenvalue weighted by Gasteiger charge is 2.14. The molecule has 0 saturated carbocycles. The van der Waals surface area contributed by atoms with Crippen molar-refractivity contribution in [3.63, 3.8) is 0 Å². The Hall–Kier alpha value is -1.32. The lowest BCUT2D eigenvalue weighted by Gasteiger charge is -1.84. The van der Waals surface area contributed by atoms with Gasteiger partial charge in [-0.05, 0) is 31.0 Å². The van der Waals surface area contributed by atoms with Gasteiger partial charge in [-0.2, -0.15) is 4.57 Å². The fourth-order valence-corrected chi connectivity index (χ4v) is 3.65. The van der Waals surface area contributed by atoms with Gasteiger partial charge in [0.2, 0.25) is 5.52 Å². The molecule has 3 rings (SSSR count). The molecule has 3 aromatic rings. The molecule has 0 aliphatic heterocycles. The van der Waals surface area contributed by atoms with E-state index in [0.717, 1.165) is 0 Å². The van der Waals surface area contributed by atoms with E-state index < -0.39 is 0 Å². The van der Waals surface area contributed by atoms with Crippen molar-refractivity contribution in [1.29, 1.82) is 0 Å². The van der Waals surface area contributed by atoms with Crippen LogP contribution in [0, 0.1) is 6.92 Å². The second-order valence-corrected chi connectivity index (χ2v) is 6.34. The fourth-order valence-electron chi connectivity index (χ4n) is 1.79. The first-order valence-electron chi connectivity index (χ1n) is 6.15. The van der Waals surface area contributed by atoms with Gasteiger partial charge in [0.25, 0.3) is 4.34 Å². The molecule has 1 aromatic heterocycles. The Morgan fingerprint density at radius 3 is 2.11 bits per heavy atom. The van der Waals surface area contributed by atoms with Crippen molar-refractivity contribution in [2.75, 3.05) is 6.26 Å². The SMILES string of the molecule is CSc1sc2ccccc2[n+]1C.Cc1ccccc1. The smallest absolute Gasteiger partial charge is 0.179 e. The van der Waals surface area contributed by atoms with Crippen LogP contribution < -0.4 is 4.57 Å². The lowest BCUT2D eigenvalue weighted by molar-refractivity contribution is -0.676. The second-order valence-electron chi connectivity index (χ2n) is 4.25. The molecule has 0 fully saturated rings. The first-order chi connectivity index (χ1) is 9.22. The molecule has 3 heteroatoms. The van der Waals surface area contributed by atoms with Crippen molar-refractivity contribution < 1.29 is 4.57 Å². The molecule has 0 bridgehead atoms. The van der Waals surface area contributed by atoms with Gasteiger partial charge in [-0.3, -0.25) is 0 Å². The number of aryl methyl sites for hydroxylation is 2. The largest absolute Gasteiger partial charge is 0.297 e. The molecule has 0 atom stereocenters. The van der Waals surface area contributed by atoms with Crippen LogP contribution in [-0.2, 0) is 7.05 Å². The van der Waals surface area contributed by atoms with E-state index in [1.165, 1.54) is 20.1 Å². The molecule has 2 aromatic carbocycles. The molecule has 0 spiro atoms. The normalized spacial score (nSPS) is 10.1. The van der Waals surface area contributed by atoms with Crippen molar-refractivity contribution >= 4 is 33.3 Å². The number of thiazole rings is 1. The summed E-state index contributed by atoms with van der Waals surface area (Å²) in [6.07, 6.45) is 2.12. The van der Waals surface area contributed by atoms with E-state index in [9.17, 15) is 0 Å². The summed E-state index contributed by atoms with van der Waals surface area (Å²) in [5.41, 5.74) is 2.65. The molecular weight excluding hydrogens is 270 g/mol. The summed E-state index contributed by atoms with van der Waals surface area (Å²) in [7, 11) is 2.12. The molecule has 19 heavy (non-hydrogen) atoms. The van der Waals surface area contributed by atoms with Gasteiger partial charge < -0.3 is 0 Å². The summed E-state index contributed by atoms with van der Waals surface area (Å²) < 4.78 is 4.96. The van der Waals surface area contributed by atoms with Crippen molar-refractivity contribution in [2.45, 2.75) is 11.3 Å². The molecule has 98 valence electrons. The minimum atomic E-state index is 1.32. The van der Waals surface area contributed by atoms with Crippen LogP contribution in [0.5, 0.6) is 0 Å². The molecule has 0 unspecified atom stereocenters. The maximum atomic E-state index is 2.24. The summed E-state index contributed by atoms with van der Waals surface area (Å²) >= 11 is 3.65. The average molecular weight is 288 g/mol. The molecule has 0 radical (unpaired) electrons. The number of fused-ring (bicyclic) bond motifs is 1. The number of rotatable bonds is 1. The zero-order chi connectivity index (χ0) is 13.7. The van der Waals surface area contributed by atoms with Crippen LogP contribution in [0.4, 0.5) is 0 Å². The Balaban J connectivity index is 0.000000163. The van der Waals surface area contributed by atoms with Crippen LogP contribution in [0.3, 0.4) is 0 Å². The third kappa shape index (κ3) is 3.58. The Morgan fingerprint density at radius 1 is 0.947 bits per heavy atom. The van der Waals surface area contributed by atoms with Crippen molar-refractivity contribution in [2.24, 2.45) is 7.05 Å². The van der Waals surface area contributed by atoms with Gasteiger partial charge in [0.1, 0.15) is 11.7 Å². The lowest BCUT2D eigenvalue weighted by Crippen LogP contribution is -2.27. The fraction of sp³-hybridized carbons (Fsp3) is 0.188. The molecule has 0 saturated heterocycles. The Bertz CT molecular complexity index is 644. The van der Waals surface area contributed by atoms with Crippen LogP contribution in [0.2, 0.25) is 0 Å². The zero-order valence-corrected chi connectivity index (χ0v) is 13.1. The van der Waals surface area contributed by atoms with Crippen LogP contribution in [0.15, 0.2) is 58.9 Å². The lowest BCUT2D eigenvalue weighted by atomic mass is 10.2. The van der Waals surface area contributed by atoms with E-state index in [1.807, 2.05) is 29.5 Å². The molecule has 0 amide bonds. The molecule has 1 heterocycles. The van der Waals surface area contributed by atoms with Crippen molar-refractivity contribution in [1.82, 2.24) is 0 Å². The third-order valence-corrected chi connectivity index (χ3v) is 5.20. The topological polar surface area (TPSA) is 3.88 Å². The van der Waals surface area contributed by atoms with Gasteiger partial charge in [0, 0.05) is 6.07 Å². The van der Waals surface area contributed by atoms with Gasteiger partial charge >= 0.3 is 0 Å². The number of nitrogens with zero attached hydrogens (tertiary/aromatic N) is 1. The molecule has 0 N–H and O–H groups in total. The monoisotopic (exact) mass is 288 g/mol. The minimum Gasteiger partial charge on any atom is -0.179 e. The number of hydrogen-bond acceptors (Lipinski definition) is 2. The number of para-hydroxylation sites is 1. The first-order valence-corrected chi connectivity index (χ1v) is 8.19.